The van der Waals surface area contributed by atoms with Crippen molar-refractivity contribution in [1.29, 1.82) is 0 Å². The second kappa shape index (κ2) is 5.82. The van der Waals surface area contributed by atoms with Crippen molar-refractivity contribution in [2.24, 2.45) is 0 Å². The van der Waals surface area contributed by atoms with Crippen molar-refractivity contribution in [3.63, 3.8) is 0 Å². The summed E-state index contributed by atoms with van der Waals surface area (Å²) < 4.78 is 2.00. The molecule has 1 aromatic carbocycles. The number of nitrogens with zero attached hydrogens (tertiary/aromatic N) is 5. The smallest absolute Gasteiger partial charge is 0.275 e. The maximum absolute atomic E-state index is 12.9. The van der Waals surface area contributed by atoms with Gasteiger partial charge in [-0.05, 0) is 31.2 Å². The van der Waals surface area contributed by atoms with E-state index >= 15 is 0 Å². The van der Waals surface area contributed by atoms with Gasteiger partial charge in [-0.1, -0.05) is 0 Å². The van der Waals surface area contributed by atoms with Crippen molar-refractivity contribution >= 4 is 37.6 Å². The fourth-order valence-corrected chi connectivity index (χ4v) is 3.71. The summed E-state index contributed by atoms with van der Waals surface area (Å²) in [6.07, 6.45) is 3.02. The number of hydrogen-bond donors (Lipinski definition) is 1. The SMILES string of the molecule is CCN(C)c1ncnc2sc3c(=O)n(-c4ccc(O)cc4)cnc3c12. The first-order valence-corrected chi connectivity index (χ1v) is 8.57. The highest BCUT2D eigenvalue weighted by atomic mass is 32.1. The largest absolute Gasteiger partial charge is 0.508 e. The molecule has 4 rings (SSSR count). The first-order valence-electron chi connectivity index (χ1n) is 7.75. The number of rotatable bonds is 3. The molecule has 0 aliphatic rings. The van der Waals surface area contributed by atoms with Gasteiger partial charge in [0.15, 0.2) is 0 Å². The van der Waals surface area contributed by atoms with Crippen LogP contribution in [0.25, 0.3) is 26.1 Å². The normalized spacial score (nSPS) is 11.3. The summed E-state index contributed by atoms with van der Waals surface area (Å²) in [5.41, 5.74) is 1.10. The van der Waals surface area contributed by atoms with E-state index < -0.39 is 0 Å². The van der Waals surface area contributed by atoms with Crippen LogP contribution in [0.2, 0.25) is 0 Å². The molecular formula is C17H15N5O2S. The Kier molecular flexibility index (Phi) is 3.61. The van der Waals surface area contributed by atoms with E-state index in [2.05, 4.69) is 15.0 Å². The van der Waals surface area contributed by atoms with E-state index in [9.17, 15) is 9.90 Å². The standard InChI is InChI=1S/C17H15N5O2S/c1-3-21(2)15-12-13-14(25-16(12)19-8-18-15)17(24)22(9-20-13)10-4-6-11(23)7-5-10/h4-9,23H,3H2,1-2H3. The average Bonchev–Trinajstić information content (AvgIpc) is 3.02. The number of phenols is 1. The van der Waals surface area contributed by atoms with Gasteiger partial charge < -0.3 is 10.0 Å². The Balaban J connectivity index is 2.01. The molecule has 0 atom stereocenters. The van der Waals surface area contributed by atoms with Crippen LogP contribution < -0.4 is 10.5 Å². The van der Waals surface area contributed by atoms with E-state index in [1.165, 1.54) is 40.7 Å². The molecule has 0 aliphatic carbocycles. The van der Waals surface area contributed by atoms with Crippen molar-refractivity contribution in [2.45, 2.75) is 6.92 Å². The van der Waals surface area contributed by atoms with Crippen molar-refractivity contribution in [2.75, 3.05) is 18.5 Å². The molecule has 126 valence electrons. The summed E-state index contributed by atoms with van der Waals surface area (Å²) in [7, 11) is 1.95. The third-order valence-electron chi connectivity index (χ3n) is 4.12. The topological polar surface area (TPSA) is 84.1 Å². The molecule has 0 amide bonds. The summed E-state index contributed by atoms with van der Waals surface area (Å²) in [6, 6.07) is 6.43. The summed E-state index contributed by atoms with van der Waals surface area (Å²) >= 11 is 1.32. The first-order chi connectivity index (χ1) is 12.1. The van der Waals surface area contributed by atoms with E-state index in [0.717, 1.165) is 22.6 Å². The molecule has 0 spiro atoms. The molecule has 0 aliphatic heterocycles. The van der Waals surface area contributed by atoms with Crippen LogP contribution in [0.4, 0.5) is 5.82 Å². The minimum Gasteiger partial charge on any atom is -0.508 e. The lowest BCUT2D eigenvalue weighted by atomic mass is 10.3. The highest BCUT2D eigenvalue weighted by Gasteiger charge is 2.18. The number of hydrogen-bond acceptors (Lipinski definition) is 7. The van der Waals surface area contributed by atoms with Crippen molar-refractivity contribution in [3.8, 4) is 11.4 Å². The number of benzene rings is 1. The van der Waals surface area contributed by atoms with Crippen molar-refractivity contribution in [1.82, 2.24) is 19.5 Å². The molecule has 0 fully saturated rings. The van der Waals surface area contributed by atoms with Gasteiger partial charge in [0.25, 0.3) is 5.56 Å². The quantitative estimate of drug-likeness (QED) is 0.609. The van der Waals surface area contributed by atoms with E-state index in [0.29, 0.717) is 15.9 Å². The Hall–Kier alpha value is -3.00. The molecule has 0 saturated heterocycles. The van der Waals surface area contributed by atoms with Crippen LogP contribution in [-0.4, -0.2) is 38.2 Å². The van der Waals surface area contributed by atoms with Crippen LogP contribution in [-0.2, 0) is 0 Å². The summed E-state index contributed by atoms with van der Waals surface area (Å²) in [5, 5.41) is 10.2. The molecule has 0 saturated carbocycles. The van der Waals surface area contributed by atoms with Crippen molar-refractivity contribution in [3.05, 3.63) is 47.3 Å². The second-order valence-corrected chi connectivity index (χ2v) is 6.61. The lowest BCUT2D eigenvalue weighted by Crippen LogP contribution is -2.18. The van der Waals surface area contributed by atoms with Gasteiger partial charge in [-0.15, -0.1) is 11.3 Å². The van der Waals surface area contributed by atoms with Crippen LogP contribution in [0.15, 0.2) is 41.7 Å². The van der Waals surface area contributed by atoms with Crippen LogP contribution >= 0.6 is 11.3 Å². The summed E-state index contributed by atoms with van der Waals surface area (Å²) in [6.45, 7) is 2.82. The molecule has 3 heterocycles. The molecule has 0 bridgehead atoms. The van der Waals surface area contributed by atoms with Gasteiger partial charge in [0, 0.05) is 13.6 Å². The van der Waals surface area contributed by atoms with Gasteiger partial charge in [-0.3, -0.25) is 9.36 Å². The third kappa shape index (κ3) is 2.42. The Morgan fingerprint density at radius 3 is 2.68 bits per heavy atom. The van der Waals surface area contributed by atoms with Gasteiger partial charge in [-0.25, -0.2) is 15.0 Å². The average molecular weight is 353 g/mol. The van der Waals surface area contributed by atoms with Crippen LogP contribution in [0, 0.1) is 0 Å². The Morgan fingerprint density at radius 1 is 1.20 bits per heavy atom. The number of anilines is 1. The lowest BCUT2D eigenvalue weighted by Gasteiger charge is -2.15. The first kappa shape index (κ1) is 15.5. The zero-order valence-corrected chi connectivity index (χ0v) is 14.5. The third-order valence-corrected chi connectivity index (χ3v) is 5.20. The predicted molar refractivity (Wildman–Crippen MR) is 98.9 cm³/mol. The Labute approximate surface area is 146 Å². The molecule has 25 heavy (non-hydrogen) atoms. The monoisotopic (exact) mass is 353 g/mol. The number of aromatic hydroxyl groups is 1. The lowest BCUT2D eigenvalue weighted by molar-refractivity contribution is 0.475. The van der Waals surface area contributed by atoms with Gasteiger partial charge in [-0.2, -0.15) is 0 Å². The van der Waals surface area contributed by atoms with Gasteiger partial charge in [0.1, 0.15) is 39.3 Å². The highest BCUT2D eigenvalue weighted by molar-refractivity contribution is 7.25. The van der Waals surface area contributed by atoms with Crippen molar-refractivity contribution < 1.29 is 5.11 Å². The second-order valence-electron chi connectivity index (χ2n) is 5.61. The van der Waals surface area contributed by atoms with Crippen LogP contribution in [0.3, 0.4) is 0 Å². The molecule has 4 aromatic rings. The maximum Gasteiger partial charge on any atom is 0.275 e. The molecule has 1 N–H and O–H groups in total. The Bertz CT molecular complexity index is 1130. The van der Waals surface area contributed by atoms with Gasteiger partial charge >= 0.3 is 0 Å². The zero-order chi connectivity index (χ0) is 17.6. The molecule has 0 radical (unpaired) electrons. The van der Waals surface area contributed by atoms with Crippen LogP contribution in [0.5, 0.6) is 5.75 Å². The van der Waals surface area contributed by atoms with Gasteiger partial charge in [0.05, 0.1) is 11.1 Å². The summed E-state index contributed by atoms with van der Waals surface area (Å²) in [5.74, 6) is 0.920. The van der Waals surface area contributed by atoms with E-state index in [4.69, 9.17) is 0 Å². The van der Waals surface area contributed by atoms with E-state index in [-0.39, 0.29) is 11.3 Å². The van der Waals surface area contributed by atoms with Gasteiger partial charge in [0.2, 0.25) is 0 Å². The zero-order valence-electron chi connectivity index (χ0n) is 13.7. The van der Waals surface area contributed by atoms with Crippen LogP contribution in [0.1, 0.15) is 6.92 Å². The fraction of sp³-hybridized carbons (Fsp3) is 0.176. The minimum atomic E-state index is -0.163. The number of aromatic nitrogens is 4. The van der Waals surface area contributed by atoms with E-state index in [1.807, 2.05) is 18.9 Å². The number of thiophene rings is 1. The predicted octanol–water partition coefficient (Wildman–Crippen LogP) is 2.55. The fourth-order valence-electron chi connectivity index (χ4n) is 2.69. The maximum atomic E-state index is 12.9. The molecule has 0 unspecified atom stereocenters. The molecule has 3 aromatic heterocycles. The molecule has 7 nitrogen and oxygen atoms in total. The number of phenolic OH excluding ortho intramolecular Hbond substituents is 1. The highest BCUT2D eigenvalue weighted by Crippen LogP contribution is 2.34. The Morgan fingerprint density at radius 2 is 1.96 bits per heavy atom. The van der Waals surface area contributed by atoms with E-state index in [1.54, 1.807) is 12.1 Å². The molecular weight excluding hydrogens is 338 g/mol. The summed E-state index contributed by atoms with van der Waals surface area (Å²) in [4.78, 5) is 28.9. The number of fused-ring (bicyclic) bond motifs is 3. The minimum absolute atomic E-state index is 0.148. The molecule has 8 heteroatoms.